The minimum Gasteiger partial charge on any atom is -0.352 e. The number of hydrogen-bond acceptors (Lipinski definition) is 1. The maximum atomic E-state index is 11.7. The number of rotatable bonds is 4. The molecule has 1 aromatic carbocycles. The number of nitrogens with one attached hydrogen (secondary N) is 1. The van der Waals surface area contributed by atoms with Crippen molar-refractivity contribution in [1.82, 2.24) is 5.32 Å². The Hall–Kier alpha value is -1.31. The van der Waals surface area contributed by atoms with Crippen molar-refractivity contribution in [2.75, 3.05) is 6.54 Å². The maximum absolute atomic E-state index is 11.7. The first-order chi connectivity index (χ1) is 7.19. The van der Waals surface area contributed by atoms with Crippen LogP contribution in [-0.4, -0.2) is 12.5 Å². The van der Waals surface area contributed by atoms with Gasteiger partial charge in [-0.05, 0) is 31.9 Å². The van der Waals surface area contributed by atoms with Crippen molar-refractivity contribution in [2.24, 2.45) is 0 Å². The van der Waals surface area contributed by atoms with Gasteiger partial charge in [0.25, 0.3) is 5.91 Å². The molecule has 0 atom stereocenters. The fourth-order valence-electron chi connectivity index (χ4n) is 1.68. The highest BCUT2D eigenvalue weighted by molar-refractivity contribution is 5.95. The average molecular weight is 205 g/mol. The molecule has 1 amide bonds. The van der Waals surface area contributed by atoms with Crippen LogP contribution in [0.25, 0.3) is 0 Å². The molecule has 2 heteroatoms. The number of hydrogen-bond donors (Lipinski definition) is 1. The molecule has 0 unspecified atom stereocenters. The lowest BCUT2D eigenvalue weighted by Gasteiger charge is -2.09. The molecule has 1 N–H and O–H groups in total. The van der Waals surface area contributed by atoms with Crippen LogP contribution in [0.4, 0.5) is 0 Å². The third-order valence-electron chi connectivity index (χ3n) is 2.36. The molecule has 2 nitrogen and oxygen atoms in total. The molecule has 0 fully saturated rings. The lowest BCUT2D eigenvalue weighted by Crippen LogP contribution is -2.23. The minimum absolute atomic E-state index is 0.0425. The van der Waals surface area contributed by atoms with Gasteiger partial charge in [0.1, 0.15) is 0 Å². The number of carbonyl (C=O) groups is 1. The van der Waals surface area contributed by atoms with Crippen LogP contribution in [0.1, 0.15) is 41.8 Å². The fourth-order valence-corrected chi connectivity index (χ4v) is 1.68. The van der Waals surface area contributed by atoms with Gasteiger partial charge in [0.2, 0.25) is 0 Å². The van der Waals surface area contributed by atoms with Crippen LogP contribution >= 0.6 is 0 Å². The first-order valence-electron chi connectivity index (χ1n) is 5.56. The molecule has 0 spiro atoms. The molecule has 0 saturated carbocycles. The zero-order chi connectivity index (χ0) is 11.3. The minimum atomic E-state index is 0.0425. The van der Waals surface area contributed by atoms with Gasteiger partial charge in [0, 0.05) is 12.1 Å². The Bertz CT molecular complexity index is 344. The summed E-state index contributed by atoms with van der Waals surface area (Å²) in [6.45, 7) is 6.80. The van der Waals surface area contributed by atoms with Gasteiger partial charge in [-0.1, -0.05) is 31.0 Å². The summed E-state index contributed by atoms with van der Waals surface area (Å²) < 4.78 is 0. The highest BCUT2D eigenvalue weighted by Crippen LogP contribution is 2.13. The van der Waals surface area contributed by atoms with Crippen LogP contribution in [-0.2, 0) is 6.42 Å². The number of aryl methyl sites for hydroxylation is 2. The SMILES string of the molecule is CCCc1cc(C)ccc1C(=O)NCC. The van der Waals surface area contributed by atoms with E-state index in [0.29, 0.717) is 6.54 Å². The summed E-state index contributed by atoms with van der Waals surface area (Å²) in [7, 11) is 0. The molecule has 0 radical (unpaired) electrons. The lowest BCUT2D eigenvalue weighted by atomic mass is 10.00. The predicted octanol–water partition coefficient (Wildman–Crippen LogP) is 2.70. The first kappa shape index (κ1) is 11.8. The molecule has 1 aromatic rings. The molecule has 0 saturated heterocycles. The number of carbonyl (C=O) groups excluding carboxylic acids is 1. The third kappa shape index (κ3) is 3.08. The van der Waals surface area contributed by atoms with Gasteiger partial charge in [-0.3, -0.25) is 4.79 Å². The topological polar surface area (TPSA) is 29.1 Å². The summed E-state index contributed by atoms with van der Waals surface area (Å²) in [5.74, 6) is 0.0425. The highest BCUT2D eigenvalue weighted by atomic mass is 16.1. The largest absolute Gasteiger partial charge is 0.352 e. The van der Waals surface area contributed by atoms with Crippen molar-refractivity contribution in [1.29, 1.82) is 0 Å². The molecule has 0 heterocycles. The number of benzene rings is 1. The van der Waals surface area contributed by atoms with E-state index in [9.17, 15) is 4.79 Å². The summed E-state index contributed by atoms with van der Waals surface area (Å²) in [4.78, 5) is 11.7. The van der Waals surface area contributed by atoms with Crippen LogP contribution in [0.3, 0.4) is 0 Å². The molecular formula is C13H19NO. The summed E-state index contributed by atoms with van der Waals surface area (Å²) in [6, 6.07) is 6.02. The zero-order valence-electron chi connectivity index (χ0n) is 9.76. The van der Waals surface area contributed by atoms with Gasteiger partial charge in [0.05, 0.1) is 0 Å². The molecule has 0 aliphatic heterocycles. The Kier molecular flexibility index (Phi) is 4.35. The Morgan fingerprint density at radius 1 is 1.33 bits per heavy atom. The van der Waals surface area contributed by atoms with Crippen molar-refractivity contribution >= 4 is 5.91 Å². The van der Waals surface area contributed by atoms with Crippen LogP contribution in [0.2, 0.25) is 0 Å². The van der Waals surface area contributed by atoms with E-state index in [0.717, 1.165) is 24.0 Å². The normalized spacial score (nSPS) is 10.1. The maximum Gasteiger partial charge on any atom is 0.251 e. The molecule has 0 aromatic heterocycles. The van der Waals surface area contributed by atoms with E-state index < -0.39 is 0 Å². The Morgan fingerprint density at radius 2 is 2.07 bits per heavy atom. The Balaban J connectivity index is 2.99. The summed E-state index contributed by atoms with van der Waals surface area (Å²) in [5.41, 5.74) is 3.19. The van der Waals surface area contributed by atoms with Gasteiger partial charge in [0.15, 0.2) is 0 Å². The van der Waals surface area contributed by atoms with Crippen molar-refractivity contribution in [2.45, 2.75) is 33.6 Å². The van der Waals surface area contributed by atoms with Gasteiger partial charge >= 0.3 is 0 Å². The summed E-state index contributed by atoms with van der Waals surface area (Å²) in [5, 5.41) is 2.84. The molecule has 1 rings (SSSR count). The molecule has 82 valence electrons. The fraction of sp³-hybridized carbons (Fsp3) is 0.462. The quantitative estimate of drug-likeness (QED) is 0.804. The lowest BCUT2D eigenvalue weighted by molar-refractivity contribution is 0.0955. The highest BCUT2D eigenvalue weighted by Gasteiger charge is 2.09. The van der Waals surface area contributed by atoms with Crippen molar-refractivity contribution in [3.8, 4) is 0 Å². The van der Waals surface area contributed by atoms with Gasteiger partial charge in [-0.2, -0.15) is 0 Å². The van der Waals surface area contributed by atoms with Crippen molar-refractivity contribution in [3.05, 3.63) is 34.9 Å². The first-order valence-corrected chi connectivity index (χ1v) is 5.56. The molecule has 0 aliphatic carbocycles. The van der Waals surface area contributed by atoms with E-state index in [1.807, 2.05) is 19.1 Å². The predicted molar refractivity (Wildman–Crippen MR) is 63.2 cm³/mol. The second-order valence-corrected chi connectivity index (χ2v) is 3.77. The second kappa shape index (κ2) is 5.54. The van der Waals surface area contributed by atoms with E-state index in [4.69, 9.17) is 0 Å². The molecule has 15 heavy (non-hydrogen) atoms. The number of amides is 1. The van der Waals surface area contributed by atoms with E-state index >= 15 is 0 Å². The van der Waals surface area contributed by atoms with E-state index in [1.54, 1.807) is 0 Å². The molecule has 0 bridgehead atoms. The van der Waals surface area contributed by atoms with Gasteiger partial charge in [-0.25, -0.2) is 0 Å². The van der Waals surface area contributed by atoms with Crippen LogP contribution < -0.4 is 5.32 Å². The monoisotopic (exact) mass is 205 g/mol. The summed E-state index contributed by atoms with van der Waals surface area (Å²) >= 11 is 0. The van der Waals surface area contributed by atoms with Crippen molar-refractivity contribution < 1.29 is 4.79 Å². The standard InChI is InChI=1S/C13H19NO/c1-4-6-11-9-10(3)7-8-12(11)13(15)14-5-2/h7-9H,4-6H2,1-3H3,(H,14,15). The van der Waals surface area contributed by atoms with Crippen LogP contribution in [0.15, 0.2) is 18.2 Å². The van der Waals surface area contributed by atoms with E-state index in [1.165, 1.54) is 5.56 Å². The van der Waals surface area contributed by atoms with Crippen LogP contribution in [0, 0.1) is 6.92 Å². The Morgan fingerprint density at radius 3 is 2.67 bits per heavy atom. The third-order valence-corrected chi connectivity index (χ3v) is 2.36. The van der Waals surface area contributed by atoms with Gasteiger partial charge < -0.3 is 5.32 Å². The van der Waals surface area contributed by atoms with E-state index in [-0.39, 0.29) is 5.91 Å². The smallest absolute Gasteiger partial charge is 0.251 e. The average Bonchev–Trinajstić information content (AvgIpc) is 2.18. The summed E-state index contributed by atoms with van der Waals surface area (Å²) in [6.07, 6.45) is 2.03. The van der Waals surface area contributed by atoms with Crippen LogP contribution in [0.5, 0.6) is 0 Å². The zero-order valence-corrected chi connectivity index (χ0v) is 9.76. The molecule has 0 aliphatic rings. The van der Waals surface area contributed by atoms with Crippen molar-refractivity contribution in [3.63, 3.8) is 0 Å². The second-order valence-electron chi connectivity index (χ2n) is 3.77. The van der Waals surface area contributed by atoms with E-state index in [2.05, 4.69) is 25.2 Å². The van der Waals surface area contributed by atoms with Gasteiger partial charge in [-0.15, -0.1) is 0 Å². The molecular weight excluding hydrogens is 186 g/mol. The Labute approximate surface area is 91.7 Å².